The standard InChI is InChI=1S/C27H30FN3O3/c1-18-2-8-21(9-3-18)24(32)30-14-12-22(13-15-30)27(16-19-6-10-23(28)11-7-19)25(33)31(26(34)29-27)17-20-4-5-20/h2-3,6-11,20,22H,4-5,12-17H2,1H3,(H,29,34). The first-order valence-electron chi connectivity index (χ1n) is 12.1. The smallest absolute Gasteiger partial charge is 0.325 e. The maximum atomic E-state index is 13.7. The lowest BCUT2D eigenvalue weighted by molar-refractivity contribution is -0.134. The van der Waals surface area contributed by atoms with Crippen LogP contribution < -0.4 is 5.32 Å². The number of rotatable bonds is 6. The van der Waals surface area contributed by atoms with Crippen LogP contribution in [0.25, 0.3) is 0 Å². The Balaban J connectivity index is 1.36. The molecule has 1 saturated carbocycles. The minimum atomic E-state index is -1.07. The summed E-state index contributed by atoms with van der Waals surface area (Å²) in [7, 11) is 0. The van der Waals surface area contributed by atoms with E-state index < -0.39 is 5.54 Å². The third-order valence-corrected chi connectivity index (χ3v) is 7.51. The first-order chi connectivity index (χ1) is 16.4. The fraction of sp³-hybridized carbons (Fsp3) is 0.444. The topological polar surface area (TPSA) is 69.7 Å². The summed E-state index contributed by atoms with van der Waals surface area (Å²) in [5.41, 5.74) is 1.50. The van der Waals surface area contributed by atoms with Gasteiger partial charge in [-0.3, -0.25) is 14.5 Å². The summed E-state index contributed by atoms with van der Waals surface area (Å²) in [5.74, 6) is -0.247. The molecular formula is C27H30FN3O3. The molecule has 178 valence electrons. The Morgan fingerprint density at radius 1 is 1.00 bits per heavy atom. The van der Waals surface area contributed by atoms with Crippen LogP contribution in [-0.2, 0) is 11.2 Å². The predicted molar refractivity (Wildman–Crippen MR) is 126 cm³/mol. The molecule has 1 aliphatic carbocycles. The third kappa shape index (κ3) is 4.31. The third-order valence-electron chi connectivity index (χ3n) is 7.51. The molecule has 5 rings (SSSR count). The fourth-order valence-electron chi connectivity index (χ4n) is 5.29. The molecule has 2 aromatic rings. The van der Waals surface area contributed by atoms with Crippen molar-refractivity contribution in [3.8, 4) is 0 Å². The van der Waals surface area contributed by atoms with Crippen molar-refractivity contribution in [3.05, 3.63) is 71.0 Å². The van der Waals surface area contributed by atoms with Gasteiger partial charge in [0, 0.05) is 31.6 Å². The van der Waals surface area contributed by atoms with Crippen LogP contribution in [0.1, 0.15) is 47.2 Å². The summed E-state index contributed by atoms with van der Waals surface area (Å²) in [6, 6.07) is 13.3. The molecular weight excluding hydrogens is 433 g/mol. The van der Waals surface area contributed by atoms with Crippen LogP contribution in [0.5, 0.6) is 0 Å². The highest BCUT2D eigenvalue weighted by Gasteiger charge is 2.56. The first-order valence-corrected chi connectivity index (χ1v) is 12.1. The van der Waals surface area contributed by atoms with Crippen molar-refractivity contribution in [1.29, 1.82) is 0 Å². The van der Waals surface area contributed by atoms with Crippen LogP contribution >= 0.6 is 0 Å². The number of likely N-dealkylation sites (tertiary alicyclic amines) is 1. The van der Waals surface area contributed by atoms with Crippen LogP contribution in [0.4, 0.5) is 9.18 Å². The van der Waals surface area contributed by atoms with Gasteiger partial charge in [-0.25, -0.2) is 9.18 Å². The molecule has 7 heteroatoms. The molecule has 2 aliphatic heterocycles. The van der Waals surface area contributed by atoms with Gasteiger partial charge < -0.3 is 10.2 Å². The highest BCUT2D eigenvalue weighted by molar-refractivity contribution is 6.07. The van der Waals surface area contributed by atoms with Crippen LogP contribution in [0.2, 0.25) is 0 Å². The number of hydrogen-bond donors (Lipinski definition) is 1. The zero-order valence-electron chi connectivity index (χ0n) is 19.4. The lowest BCUT2D eigenvalue weighted by Gasteiger charge is -2.41. The molecule has 3 aliphatic rings. The largest absolute Gasteiger partial charge is 0.339 e. The van der Waals surface area contributed by atoms with Crippen LogP contribution in [0, 0.1) is 24.6 Å². The summed E-state index contributed by atoms with van der Waals surface area (Å²) < 4.78 is 13.5. The average Bonchev–Trinajstić information content (AvgIpc) is 3.63. The minimum Gasteiger partial charge on any atom is -0.339 e. The quantitative estimate of drug-likeness (QED) is 0.660. The molecule has 2 saturated heterocycles. The number of carbonyl (C=O) groups is 3. The second kappa shape index (κ2) is 8.85. The van der Waals surface area contributed by atoms with Crippen molar-refractivity contribution in [3.63, 3.8) is 0 Å². The Kier molecular flexibility index (Phi) is 5.88. The highest BCUT2D eigenvalue weighted by atomic mass is 19.1. The van der Waals surface area contributed by atoms with Gasteiger partial charge in [-0.15, -0.1) is 0 Å². The van der Waals surface area contributed by atoms with Crippen molar-refractivity contribution < 1.29 is 18.8 Å². The number of nitrogens with zero attached hydrogens (tertiary/aromatic N) is 2. The molecule has 1 unspecified atom stereocenters. The maximum absolute atomic E-state index is 13.7. The summed E-state index contributed by atoms with van der Waals surface area (Å²) >= 11 is 0. The number of piperidine rings is 1. The Hall–Kier alpha value is -3.22. The van der Waals surface area contributed by atoms with Gasteiger partial charge in [-0.05, 0) is 74.3 Å². The molecule has 0 aromatic heterocycles. The first kappa shape index (κ1) is 22.6. The van der Waals surface area contributed by atoms with Gasteiger partial charge in [0.2, 0.25) is 0 Å². The van der Waals surface area contributed by atoms with Crippen LogP contribution in [-0.4, -0.2) is 52.8 Å². The number of urea groups is 1. The number of hydrogen-bond acceptors (Lipinski definition) is 3. The maximum Gasteiger partial charge on any atom is 0.325 e. The molecule has 34 heavy (non-hydrogen) atoms. The second-order valence-electron chi connectivity index (χ2n) is 10.00. The fourth-order valence-corrected chi connectivity index (χ4v) is 5.29. The number of benzene rings is 2. The number of amides is 4. The van der Waals surface area contributed by atoms with Gasteiger partial charge in [-0.1, -0.05) is 29.8 Å². The second-order valence-corrected chi connectivity index (χ2v) is 10.00. The molecule has 1 N–H and O–H groups in total. The minimum absolute atomic E-state index is 0.0109. The van der Waals surface area contributed by atoms with Gasteiger partial charge in [0.25, 0.3) is 11.8 Å². The number of aryl methyl sites for hydroxylation is 1. The summed E-state index contributed by atoms with van der Waals surface area (Å²) in [4.78, 5) is 42.8. The molecule has 0 spiro atoms. The van der Waals surface area contributed by atoms with E-state index in [4.69, 9.17) is 0 Å². The molecule has 6 nitrogen and oxygen atoms in total. The van der Waals surface area contributed by atoms with E-state index in [0.717, 1.165) is 24.0 Å². The zero-order chi connectivity index (χ0) is 23.9. The van der Waals surface area contributed by atoms with Gasteiger partial charge in [-0.2, -0.15) is 0 Å². The number of carbonyl (C=O) groups excluding carboxylic acids is 3. The summed E-state index contributed by atoms with van der Waals surface area (Å²) in [5, 5.41) is 3.06. The molecule has 1 atom stereocenters. The SMILES string of the molecule is Cc1ccc(C(=O)N2CCC(C3(Cc4ccc(F)cc4)NC(=O)N(CC4CC4)C3=O)CC2)cc1. The van der Waals surface area contributed by atoms with Gasteiger partial charge in [0.1, 0.15) is 11.4 Å². The Morgan fingerprint density at radius 3 is 2.26 bits per heavy atom. The van der Waals surface area contributed by atoms with Gasteiger partial charge in [0.05, 0.1) is 0 Å². The molecule has 3 fully saturated rings. The lowest BCUT2D eigenvalue weighted by atomic mass is 9.73. The molecule has 4 amide bonds. The van der Waals surface area contributed by atoms with E-state index in [1.165, 1.54) is 17.0 Å². The van der Waals surface area contributed by atoms with Crippen LogP contribution in [0.3, 0.4) is 0 Å². The van der Waals surface area contributed by atoms with Gasteiger partial charge >= 0.3 is 6.03 Å². The lowest BCUT2D eigenvalue weighted by Crippen LogP contribution is -2.58. The van der Waals surface area contributed by atoms with E-state index in [9.17, 15) is 18.8 Å². The normalized spacial score (nSPS) is 23.4. The van der Waals surface area contributed by atoms with Crippen LogP contribution in [0.15, 0.2) is 48.5 Å². The molecule has 2 aromatic carbocycles. The van der Waals surface area contributed by atoms with Crippen molar-refractivity contribution >= 4 is 17.8 Å². The molecule has 2 heterocycles. The number of imide groups is 1. The van der Waals surface area contributed by atoms with E-state index in [1.807, 2.05) is 36.1 Å². The van der Waals surface area contributed by atoms with Gasteiger partial charge in [0.15, 0.2) is 0 Å². The van der Waals surface area contributed by atoms with E-state index in [1.54, 1.807) is 12.1 Å². The Morgan fingerprint density at radius 2 is 1.65 bits per heavy atom. The number of halogens is 1. The van der Waals surface area contributed by atoms with Crippen molar-refractivity contribution in [2.45, 2.75) is 44.6 Å². The average molecular weight is 464 g/mol. The highest BCUT2D eigenvalue weighted by Crippen LogP contribution is 2.39. The van der Waals surface area contributed by atoms with E-state index >= 15 is 0 Å². The van der Waals surface area contributed by atoms with Crippen molar-refractivity contribution in [1.82, 2.24) is 15.1 Å². The zero-order valence-corrected chi connectivity index (χ0v) is 19.4. The van der Waals surface area contributed by atoms with E-state index in [2.05, 4.69) is 5.32 Å². The molecule has 0 bridgehead atoms. The summed E-state index contributed by atoms with van der Waals surface area (Å²) in [6.45, 7) is 3.49. The Labute approximate surface area is 199 Å². The number of nitrogens with one attached hydrogen (secondary N) is 1. The summed E-state index contributed by atoms with van der Waals surface area (Å²) in [6.07, 6.45) is 3.63. The van der Waals surface area contributed by atoms with E-state index in [0.29, 0.717) is 50.4 Å². The Bertz CT molecular complexity index is 1090. The van der Waals surface area contributed by atoms with Crippen molar-refractivity contribution in [2.24, 2.45) is 11.8 Å². The predicted octanol–water partition coefficient (Wildman–Crippen LogP) is 3.93. The van der Waals surface area contributed by atoms with E-state index in [-0.39, 0.29) is 29.6 Å². The van der Waals surface area contributed by atoms with Crippen molar-refractivity contribution in [2.75, 3.05) is 19.6 Å². The molecule has 0 radical (unpaired) electrons. The monoisotopic (exact) mass is 463 g/mol.